The summed E-state index contributed by atoms with van der Waals surface area (Å²) in [6, 6.07) is 5.19. The number of carbonyl (C=O) groups excluding carboxylic acids is 1. The number of halogens is 1. The molecule has 0 saturated heterocycles. The Hall–Kier alpha value is -1.08. The molecule has 0 aliphatic rings. The molecule has 1 unspecified atom stereocenters. The van der Waals surface area contributed by atoms with Crippen molar-refractivity contribution in [3.05, 3.63) is 37.7 Å². The highest BCUT2D eigenvalue weighted by molar-refractivity contribution is 7.16. The summed E-state index contributed by atoms with van der Waals surface area (Å²) in [5.74, 6) is 0.282. The summed E-state index contributed by atoms with van der Waals surface area (Å²) < 4.78 is 5.68. The minimum absolute atomic E-state index is 0.136. The average molecular weight is 318 g/mol. The van der Waals surface area contributed by atoms with Crippen molar-refractivity contribution in [2.45, 2.75) is 6.10 Å². The molecular formula is C12H12ClNO3S2. The first-order valence-corrected chi connectivity index (χ1v) is 7.52. The van der Waals surface area contributed by atoms with E-state index in [1.807, 2.05) is 0 Å². The van der Waals surface area contributed by atoms with Gasteiger partial charge in [0.15, 0.2) is 0 Å². The third kappa shape index (κ3) is 3.48. The first kappa shape index (κ1) is 14.3. The molecular weight excluding hydrogens is 306 g/mol. The molecule has 0 saturated carbocycles. The molecule has 0 fully saturated rings. The van der Waals surface area contributed by atoms with Crippen LogP contribution in [0.15, 0.2) is 23.6 Å². The van der Waals surface area contributed by atoms with Crippen molar-refractivity contribution in [3.8, 4) is 5.75 Å². The van der Waals surface area contributed by atoms with E-state index in [1.165, 1.54) is 29.8 Å². The van der Waals surface area contributed by atoms with Gasteiger partial charge in [-0.2, -0.15) is 0 Å². The van der Waals surface area contributed by atoms with Crippen LogP contribution in [-0.2, 0) is 0 Å². The molecule has 2 rings (SSSR count). The van der Waals surface area contributed by atoms with Gasteiger partial charge in [0, 0.05) is 11.4 Å². The molecule has 4 nitrogen and oxygen atoms in total. The van der Waals surface area contributed by atoms with Crippen molar-refractivity contribution in [2.75, 3.05) is 13.7 Å². The van der Waals surface area contributed by atoms with Gasteiger partial charge in [-0.15, -0.1) is 22.7 Å². The van der Waals surface area contributed by atoms with Crippen molar-refractivity contribution in [1.29, 1.82) is 0 Å². The van der Waals surface area contributed by atoms with Gasteiger partial charge in [-0.1, -0.05) is 11.6 Å². The van der Waals surface area contributed by atoms with Crippen LogP contribution >= 0.6 is 34.3 Å². The summed E-state index contributed by atoms with van der Waals surface area (Å²) in [4.78, 5) is 13.1. The van der Waals surface area contributed by atoms with Crippen LogP contribution in [0.1, 0.15) is 20.7 Å². The maximum absolute atomic E-state index is 11.9. The molecule has 0 aromatic carbocycles. The van der Waals surface area contributed by atoms with Crippen molar-refractivity contribution >= 4 is 40.2 Å². The predicted molar refractivity (Wildman–Crippen MR) is 77.5 cm³/mol. The minimum atomic E-state index is -0.757. The number of amides is 1. The molecule has 0 aliphatic carbocycles. The number of carbonyl (C=O) groups is 1. The van der Waals surface area contributed by atoms with Crippen molar-refractivity contribution in [2.24, 2.45) is 0 Å². The first-order valence-electron chi connectivity index (χ1n) is 5.44. The third-order valence-corrected chi connectivity index (χ3v) is 4.66. The lowest BCUT2D eigenvalue weighted by atomic mass is 10.3. The van der Waals surface area contributed by atoms with Crippen LogP contribution in [0.25, 0.3) is 0 Å². The van der Waals surface area contributed by atoms with E-state index in [4.69, 9.17) is 16.3 Å². The quantitative estimate of drug-likeness (QED) is 0.891. The van der Waals surface area contributed by atoms with Crippen LogP contribution < -0.4 is 10.1 Å². The van der Waals surface area contributed by atoms with Crippen molar-refractivity contribution < 1.29 is 14.6 Å². The molecule has 0 aliphatic heterocycles. The summed E-state index contributed by atoms with van der Waals surface area (Å²) in [7, 11) is 1.52. The van der Waals surface area contributed by atoms with Crippen LogP contribution in [-0.4, -0.2) is 24.7 Å². The fraction of sp³-hybridized carbons (Fsp3) is 0.250. The zero-order valence-electron chi connectivity index (χ0n) is 10.1. The summed E-state index contributed by atoms with van der Waals surface area (Å²) in [5.41, 5.74) is 0. The van der Waals surface area contributed by atoms with Gasteiger partial charge in [0.05, 0.1) is 11.4 Å². The second-order valence-corrected chi connectivity index (χ2v) is 6.35. The number of aliphatic hydroxyl groups excluding tert-OH is 1. The van der Waals surface area contributed by atoms with Crippen LogP contribution in [0, 0.1) is 0 Å². The highest BCUT2D eigenvalue weighted by Gasteiger charge is 2.16. The minimum Gasteiger partial charge on any atom is -0.495 e. The normalized spacial score (nSPS) is 12.2. The topological polar surface area (TPSA) is 58.6 Å². The number of hydrogen-bond donors (Lipinski definition) is 2. The zero-order valence-corrected chi connectivity index (χ0v) is 12.4. The van der Waals surface area contributed by atoms with Crippen LogP contribution in [0.5, 0.6) is 5.75 Å². The fourth-order valence-corrected chi connectivity index (χ4v) is 3.32. The molecule has 1 amide bonds. The van der Waals surface area contributed by atoms with Gasteiger partial charge in [0.1, 0.15) is 16.7 Å². The summed E-state index contributed by atoms with van der Waals surface area (Å²) in [6.07, 6.45) is -0.757. The SMILES string of the molecule is COc1ccsc1C(=O)NCC(O)c1ccc(Cl)s1. The second kappa shape index (κ2) is 6.38. The maximum Gasteiger partial charge on any atom is 0.265 e. The van der Waals surface area contributed by atoms with E-state index >= 15 is 0 Å². The molecule has 0 radical (unpaired) electrons. The summed E-state index contributed by atoms with van der Waals surface area (Å²) in [5, 5.41) is 14.4. The number of aliphatic hydroxyl groups is 1. The number of nitrogens with one attached hydrogen (secondary N) is 1. The van der Waals surface area contributed by atoms with E-state index in [2.05, 4.69) is 5.32 Å². The Labute approximate surface area is 123 Å². The van der Waals surface area contributed by atoms with Gasteiger partial charge >= 0.3 is 0 Å². The van der Waals surface area contributed by atoms with Crippen LogP contribution in [0.4, 0.5) is 0 Å². The number of methoxy groups -OCH3 is 1. The highest BCUT2D eigenvalue weighted by Crippen LogP contribution is 2.27. The number of thiophene rings is 2. The monoisotopic (exact) mass is 317 g/mol. The number of hydrogen-bond acceptors (Lipinski definition) is 5. The molecule has 7 heteroatoms. The molecule has 0 spiro atoms. The van der Waals surface area contributed by atoms with Gasteiger partial charge in [0.2, 0.25) is 0 Å². The van der Waals surface area contributed by atoms with Gasteiger partial charge in [-0.25, -0.2) is 0 Å². The predicted octanol–water partition coefficient (Wildman–Crippen LogP) is 2.94. The lowest BCUT2D eigenvalue weighted by Gasteiger charge is -2.10. The van der Waals surface area contributed by atoms with E-state index in [1.54, 1.807) is 23.6 Å². The third-order valence-electron chi connectivity index (χ3n) is 2.43. The standard InChI is InChI=1S/C12H12ClNO3S2/c1-17-8-4-5-18-11(8)12(16)14-6-7(15)9-2-3-10(13)19-9/h2-5,7,15H,6H2,1H3,(H,14,16). The van der Waals surface area contributed by atoms with E-state index in [9.17, 15) is 9.90 Å². The Bertz CT molecular complexity index is 567. The van der Waals surface area contributed by atoms with E-state index in [0.717, 1.165) is 4.88 Å². The molecule has 2 aromatic heterocycles. The first-order chi connectivity index (χ1) is 9.11. The van der Waals surface area contributed by atoms with Crippen molar-refractivity contribution in [1.82, 2.24) is 5.32 Å². The maximum atomic E-state index is 11.9. The smallest absolute Gasteiger partial charge is 0.265 e. The largest absolute Gasteiger partial charge is 0.495 e. The van der Waals surface area contributed by atoms with Crippen molar-refractivity contribution in [3.63, 3.8) is 0 Å². The lowest BCUT2D eigenvalue weighted by molar-refractivity contribution is 0.0919. The fourth-order valence-electron chi connectivity index (χ4n) is 1.50. The Kier molecular flexibility index (Phi) is 4.81. The Morgan fingerprint density at radius 2 is 2.32 bits per heavy atom. The Morgan fingerprint density at radius 3 is 2.95 bits per heavy atom. The lowest BCUT2D eigenvalue weighted by Crippen LogP contribution is -2.27. The Morgan fingerprint density at radius 1 is 1.53 bits per heavy atom. The Balaban J connectivity index is 1.93. The van der Waals surface area contributed by atoms with Gasteiger partial charge < -0.3 is 15.2 Å². The molecule has 19 heavy (non-hydrogen) atoms. The second-order valence-electron chi connectivity index (χ2n) is 3.69. The zero-order chi connectivity index (χ0) is 13.8. The van der Waals surface area contributed by atoms with E-state index in [-0.39, 0.29) is 12.5 Å². The molecule has 102 valence electrons. The highest BCUT2D eigenvalue weighted by atomic mass is 35.5. The number of rotatable bonds is 5. The van der Waals surface area contributed by atoms with Gasteiger partial charge in [-0.3, -0.25) is 4.79 Å². The van der Waals surface area contributed by atoms with E-state index in [0.29, 0.717) is 15.0 Å². The number of ether oxygens (including phenoxy) is 1. The van der Waals surface area contributed by atoms with Gasteiger partial charge in [-0.05, 0) is 23.6 Å². The van der Waals surface area contributed by atoms with Crippen LogP contribution in [0.2, 0.25) is 4.34 Å². The van der Waals surface area contributed by atoms with Gasteiger partial charge in [0.25, 0.3) is 5.91 Å². The molecule has 0 bridgehead atoms. The molecule has 2 heterocycles. The molecule has 2 aromatic rings. The molecule has 2 N–H and O–H groups in total. The molecule has 1 atom stereocenters. The van der Waals surface area contributed by atoms with E-state index < -0.39 is 6.10 Å². The summed E-state index contributed by atoms with van der Waals surface area (Å²) in [6.45, 7) is 0.136. The van der Waals surface area contributed by atoms with Crippen LogP contribution in [0.3, 0.4) is 0 Å². The average Bonchev–Trinajstić information content (AvgIpc) is 3.03. The summed E-state index contributed by atoms with van der Waals surface area (Å²) >= 11 is 8.38.